The molecule has 0 aromatic rings. The summed E-state index contributed by atoms with van der Waals surface area (Å²) >= 11 is 0. The van der Waals surface area contributed by atoms with Crippen LogP contribution in [0.2, 0.25) is 0 Å². The quantitative estimate of drug-likeness (QED) is 0.815. The summed E-state index contributed by atoms with van der Waals surface area (Å²) in [6.45, 7) is 4.83. The minimum atomic E-state index is 0.474. The van der Waals surface area contributed by atoms with Crippen molar-refractivity contribution in [2.24, 2.45) is 11.7 Å². The second-order valence-electron chi connectivity index (χ2n) is 6.14. The molecule has 17 heavy (non-hydrogen) atoms. The summed E-state index contributed by atoms with van der Waals surface area (Å²) < 4.78 is 0. The molecular formula is C15H30N2. The number of hydrogen-bond donors (Lipinski definition) is 1. The maximum absolute atomic E-state index is 6.28. The van der Waals surface area contributed by atoms with Crippen LogP contribution in [-0.2, 0) is 0 Å². The molecule has 2 atom stereocenters. The smallest absolute Gasteiger partial charge is 0.00953 e. The topological polar surface area (TPSA) is 29.3 Å². The number of nitrogens with zero attached hydrogens (tertiary/aromatic N) is 1. The third-order valence-corrected chi connectivity index (χ3v) is 4.84. The Labute approximate surface area is 107 Å². The molecule has 2 fully saturated rings. The van der Waals surface area contributed by atoms with E-state index in [-0.39, 0.29) is 0 Å². The van der Waals surface area contributed by atoms with Gasteiger partial charge in [0.2, 0.25) is 0 Å². The largest absolute Gasteiger partial charge is 0.327 e. The van der Waals surface area contributed by atoms with E-state index in [1.165, 1.54) is 70.9 Å². The highest BCUT2D eigenvalue weighted by Gasteiger charge is 2.30. The van der Waals surface area contributed by atoms with E-state index in [0.29, 0.717) is 6.04 Å². The molecule has 0 radical (unpaired) electrons. The summed E-state index contributed by atoms with van der Waals surface area (Å²) in [5.41, 5.74) is 6.28. The molecule has 2 nitrogen and oxygen atoms in total. The Morgan fingerprint density at radius 1 is 1.12 bits per heavy atom. The van der Waals surface area contributed by atoms with Gasteiger partial charge in [-0.1, -0.05) is 39.0 Å². The summed E-state index contributed by atoms with van der Waals surface area (Å²) in [6.07, 6.45) is 12.5. The van der Waals surface area contributed by atoms with Gasteiger partial charge in [0.1, 0.15) is 0 Å². The minimum Gasteiger partial charge on any atom is -0.327 e. The standard InChI is InChI=1S/C15H30N2/c1-2-3-7-13-12-17(11-10-15(13)16)14-8-5-4-6-9-14/h13-15H,2-12,16H2,1H3/t13-,15+/m0/s1. The molecule has 1 aliphatic carbocycles. The first-order valence-corrected chi connectivity index (χ1v) is 7.81. The van der Waals surface area contributed by atoms with Crippen LogP contribution in [0.15, 0.2) is 0 Å². The molecule has 0 unspecified atom stereocenters. The molecule has 2 N–H and O–H groups in total. The van der Waals surface area contributed by atoms with E-state index in [1.54, 1.807) is 0 Å². The van der Waals surface area contributed by atoms with Crippen LogP contribution in [0.1, 0.15) is 64.7 Å². The van der Waals surface area contributed by atoms with Gasteiger partial charge < -0.3 is 5.73 Å². The molecule has 0 amide bonds. The van der Waals surface area contributed by atoms with E-state index in [4.69, 9.17) is 5.73 Å². The number of nitrogens with two attached hydrogens (primary N) is 1. The van der Waals surface area contributed by atoms with Gasteiger partial charge in [0.25, 0.3) is 0 Å². The average molecular weight is 238 g/mol. The monoisotopic (exact) mass is 238 g/mol. The Kier molecular flexibility index (Phi) is 5.30. The lowest BCUT2D eigenvalue weighted by molar-refractivity contribution is 0.0830. The number of rotatable bonds is 4. The molecule has 0 aromatic carbocycles. The van der Waals surface area contributed by atoms with Gasteiger partial charge in [-0.3, -0.25) is 4.90 Å². The van der Waals surface area contributed by atoms with Gasteiger partial charge in [-0.2, -0.15) is 0 Å². The average Bonchev–Trinajstić information content (AvgIpc) is 2.39. The van der Waals surface area contributed by atoms with E-state index in [1.807, 2.05) is 0 Å². The molecule has 1 heterocycles. The fourth-order valence-corrected chi connectivity index (χ4v) is 3.63. The van der Waals surface area contributed by atoms with Crippen molar-refractivity contribution in [1.29, 1.82) is 0 Å². The van der Waals surface area contributed by atoms with Gasteiger partial charge in [-0.15, -0.1) is 0 Å². The zero-order valence-electron chi connectivity index (χ0n) is 11.5. The summed E-state index contributed by atoms with van der Waals surface area (Å²) in [7, 11) is 0. The highest BCUT2D eigenvalue weighted by atomic mass is 15.2. The lowest BCUT2D eigenvalue weighted by atomic mass is 9.85. The first-order valence-electron chi connectivity index (χ1n) is 7.81. The Morgan fingerprint density at radius 3 is 2.59 bits per heavy atom. The fourth-order valence-electron chi connectivity index (χ4n) is 3.63. The van der Waals surface area contributed by atoms with Crippen molar-refractivity contribution >= 4 is 0 Å². The molecule has 0 aromatic heterocycles. The van der Waals surface area contributed by atoms with Gasteiger partial charge in [0.05, 0.1) is 0 Å². The lowest BCUT2D eigenvalue weighted by Gasteiger charge is -2.42. The van der Waals surface area contributed by atoms with Crippen molar-refractivity contribution < 1.29 is 0 Å². The Bertz CT molecular complexity index is 211. The normalized spacial score (nSPS) is 32.8. The zero-order valence-corrected chi connectivity index (χ0v) is 11.5. The molecule has 1 saturated carbocycles. The number of hydrogen-bond acceptors (Lipinski definition) is 2. The van der Waals surface area contributed by atoms with E-state index in [9.17, 15) is 0 Å². The third kappa shape index (κ3) is 3.69. The van der Waals surface area contributed by atoms with Crippen LogP contribution in [0, 0.1) is 5.92 Å². The second kappa shape index (κ2) is 6.75. The Morgan fingerprint density at radius 2 is 1.88 bits per heavy atom. The van der Waals surface area contributed by atoms with Gasteiger partial charge >= 0.3 is 0 Å². The highest BCUT2D eigenvalue weighted by Crippen LogP contribution is 2.28. The summed E-state index contributed by atoms with van der Waals surface area (Å²) in [5, 5.41) is 0. The summed E-state index contributed by atoms with van der Waals surface area (Å²) in [5.74, 6) is 0.769. The van der Waals surface area contributed by atoms with Gasteiger partial charge in [-0.05, 0) is 38.1 Å². The van der Waals surface area contributed by atoms with Crippen molar-refractivity contribution in [2.45, 2.75) is 76.8 Å². The zero-order chi connectivity index (χ0) is 12.1. The number of unbranched alkanes of at least 4 members (excludes halogenated alkanes) is 1. The van der Waals surface area contributed by atoms with E-state index in [0.717, 1.165) is 12.0 Å². The van der Waals surface area contributed by atoms with Crippen molar-refractivity contribution in [1.82, 2.24) is 4.90 Å². The molecule has 2 rings (SSSR count). The van der Waals surface area contributed by atoms with Gasteiger partial charge in [-0.25, -0.2) is 0 Å². The molecule has 2 aliphatic rings. The van der Waals surface area contributed by atoms with Crippen LogP contribution in [0.3, 0.4) is 0 Å². The van der Waals surface area contributed by atoms with Crippen LogP contribution in [0.25, 0.3) is 0 Å². The van der Waals surface area contributed by atoms with Crippen LogP contribution in [-0.4, -0.2) is 30.1 Å². The second-order valence-corrected chi connectivity index (χ2v) is 6.14. The van der Waals surface area contributed by atoms with Crippen molar-refractivity contribution in [3.05, 3.63) is 0 Å². The molecule has 2 heteroatoms. The van der Waals surface area contributed by atoms with Crippen LogP contribution in [0.5, 0.6) is 0 Å². The first-order chi connectivity index (χ1) is 8.31. The Balaban J connectivity index is 1.83. The van der Waals surface area contributed by atoms with E-state index in [2.05, 4.69) is 11.8 Å². The van der Waals surface area contributed by atoms with Crippen LogP contribution >= 0.6 is 0 Å². The maximum Gasteiger partial charge on any atom is 0.00953 e. The lowest BCUT2D eigenvalue weighted by Crippen LogP contribution is -2.51. The SMILES string of the molecule is CCCC[C@H]1CN(C2CCCCC2)CC[C@H]1N. The predicted molar refractivity (Wildman–Crippen MR) is 74.1 cm³/mol. The predicted octanol–water partition coefficient (Wildman–Crippen LogP) is 3.16. The molecule has 1 aliphatic heterocycles. The Hall–Kier alpha value is -0.0800. The maximum atomic E-state index is 6.28. The van der Waals surface area contributed by atoms with E-state index < -0.39 is 0 Å². The molecule has 0 bridgehead atoms. The molecular weight excluding hydrogens is 208 g/mol. The van der Waals surface area contributed by atoms with Gasteiger partial charge in [0.15, 0.2) is 0 Å². The molecule has 100 valence electrons. The molecule has 0 spiro atoms. The fraction of sp³-hybridized carbons (Fsp3) is 1.00. The van der Waals surface area contributed by atoms with Crippen LogP contribution < -0.4 is 5.73 Å². The van der Waals surface area contributed by atoms with Gasteiger partial charge in [0, 0.05) is 18.6 Å². The highest BCUT2D eigenvalue weighted by molar-refractivity contribution is 4.87. The third-order valence-electron chi connectivity index (χ3n) is 4.84. The first kappa shape index (κ1) is 13.4. The van der Waals surface area contributed by atoms with Crippen molar-refractivity contribution in [3.63, 3.8) is 0 Å². The van der Waals surface area contributed by atoms with Crippen molar-refractivity contribution in [3.8, 4) is 0 Å². The summed E-state index contributed by atoms with van der Waals surface area (Å²) in [4.78, 5) is 2.77. The number of likely N-dealkylation sites (tertiary alicyclic amines) is 1. The van der Waals surface area contributed by atoms with Crippen molar-refractivity contribution in [2.75, 3.05) is 13.1 Å². The number of piperidine rings is 1. The summed E-state index contributed by atoms with van der Waals surface area (Å²) in [6, 6.07) is 1.36. The van der Waals surface area contributed by atoms with E-state index >= 15 is 0 Å². The molecule has 1 saturated heterocycles. The van der Waals surface area contributed by atoms with Crippen LogP contribution in [0.4, 0.5) is 0 Å². The minimum absolute atomic E-state index is 0.474.